The van der Waals surface area contributed by atoms with Crippen molar-refractivity contribution < 1.29 is 14.4 Å². The third-order valence-electron chi connectivity index (χ3n) is 5.88. The van der Waals surface area contributed by atoms with E-state index in [-0.39, 0.29) is 24.4 Å². The Balaban J connectivity index is 1.75. The van der Waals surface area contributed by atoms with E-state index in [2.05, 4.69) is 11.6 Å². The number of hydrogen-bond donors (Lipinski definition) is 2. The van der Waals surface area contributed by atoms with Crippen LogP contribution in [0.1, 0.15) is 34.1 Å². The van der Waals surface area contributed by atoms with Gasteiger partial charge in [-0.05, 0) is 54.8 Å². The van der Waals surface area contributed by atoms with E-state index in [1.165, 1.54) is 6.92 Å². The number of anilines is 1. The van der Waals surface area contributed by atoms with Gasteiger partial charge in [0.25, 0.3) is 0 Å². The lowest BCUT2D eigenvalue weighted by Gasteiger charge is -2.26. The molecule has 2 heterocycles. The van der Waals surface area contributed by atoms with Crippen LogP contribution in [0.3, 0.4) is 0 Å². The van der Waals surface area contributed by atoms with Crippen LogP contribution in [0.2, 0.25) is 0 Å². The van der Waals surface area contributed by atoms with Crippen LogP contribution in [0.15, 0.2) is 53.6 Å². The molecule has 3 N–H and O–H groups in total. The van der Waals surface area contributed by atoms with E-state index in [0.717, 1.165) is 40.1 Å². The van der Waals surface area contributed by atoms with Crippen molar-refractivity contribution in [2.45, 2.75) is 30.8 Å². The maximum atomic E-state index is 13.8. The monoisotopic (exact) mass is 496 g/mol. The van der Waals surface area contributed by atoms with E-state index in [1.54, 1.807) is 51.3 Å². The summed E-state index contributed by atoms with van der Waals surface area (Å²) in [6, 6.07) is 12.6. The third-order valence-corrected chi connectivity index (χ3v) is 7.74. The highest BCUT2D eigenvalue weighted by Crippen LogP contribution is 2.37. The summed E-state index contributed by atoms with van der Waals surface area (Å²) in [5.41, 5.74) is 8.24. The molecule has 2 aromatic carbocycles. The number of benzene rings is 2. The molecule has 0 radical (unpaired) electrons. The van der Waals surface area contributed by atoms with Crippen LogP contribution in [0.4, 0.5) is 5.69 Å². The summed E-state index contributed by atoms with van der Waals surface area (Å²) < 4.78 is 1.61. The molecule has 0 bridgehead atoms. The number of nitrogens with zero attached hydrogens (tertiary/aromatic N) is 2. The van der Waals surface area contributed by atoms with E-state index in [1.807, 2.05) is 30.3 Å². The summed E-state index contributed by atoms with van der Waals surface area (Å²) in [6.07, 6.45) is 4.84. The minimum atomic E-state index is -0.538. The van der Waals surface area contributed by atoms with Crippen LogP contribution in [0, 0.1) is 0 Å². The van der Waals surface area contributed by atoms with Crippen LogP contribution in [-0.2, 0) is 11.3 Å². The Kier molecular flexibility index (Phi) is 7.65. The number of amides is 2. The molecule has 0 spiro atoms. The van der Waals surface area contributed by atoms with Crippen LogP contribution >= 0.6 is 23.5 Å². The molecule has 0 unspecified atom stereocenters. The van der Waals surface area contributed by atoms with E-state index in [4.69, 9.17) is 5.73 Å². The number of nitrogens with two attached hydrogens (primary N) is 1. The molecule has 1 aromatic heterocycles. The highest BCUT2D eigenvalue weighted by Gasteiger charge is 2.32. The fourth-order valence-electron chi connectivity index (χ4n) is 4.16. The number of hydrogen-bond acceptors (Lipinski definition) is 6. The van der Waals surface area contributed by atoms with Gasteiger partial charge in [0.1, 0.15) is 0 Å². The fourth-order valence-corrected chi connectivity index (χ4v) is 5.68. The summed E-state index contributed by atoms with van der Waals surface area (Å²) in [5, 5.41) is 4.33. The predicted molar refractivity (Wildman–Crippen MR) is 140 cm³/mol. The minimum Gasteiger partial charge on any atom is -0.366 e. The number of para-hydroxylation sites is 1. The van der Waals surface area contributed by atoms with E-state index in [9.17, 15) is 14.4 Å². The molecule has 4 rings (SSSR count). The first-order valence-corrected chi connectivity index (χ1v) is 13.5. The minimum absolute atomic E-state index is 0.0586. The van der Waals surface area contributed by atoms with Crippen molar-refractivity contribution in [3.63, 3.8) is 0 Å². The van der Waals surface area contributed by atoms with E-state index in [0.29, 0.717) is 17.0 Å². The SMILES string of the molecule is CSCCCN[C@H]1CSc2ccc(C(N)=O)cc2N(Cc2cn(C(C)=O)c3ccccc23)C1=O. The lowest BCUT2D eigenvalue weighted by Crippen LogP contribution is -2.47. The van der Waals surface area contributed by atoms with E-state index < -0.39 is 5.91 Å². The first-order valence-electron chi connectivity index (χ1n) is 11.1. The number of rotatable bonds is 8. The maximum Gasteiger partial charge on any atom is 0.248 e. The van der Waals surface area contributed by atoms with E-state index >= 15 is 0 Å². The molecule has 178 valence electrons. The first kappa shape index (κ1) is 24.4. The zero-order valence-corrected chi connectivity index (χ0v) is 20.9. The average Bonchev–Trinajstić information content (AvgIpc) is 3.14. The Hall–Kier alpha value is -2.75. The zero-order chi connectivity index (χ0) is 24.2. The van der Waals surface area contributed by atoms with Gasteiger partial charge in [0.05, 0.1) is 23.8 Å². The van der Waals surface area contributed by atoms with Gasteiger partial charge in [0.2, 0.25) is 17.7 Å². The quantitative estimate of drug-likeness (QED) is 0.461. The number of aromatic nitrogens is 1. The predicted octanol–water partition coefficient (Wildman–Crippen LogP) is 3.75. The Morgan fingerprint density at radius 3 is 2.76 bits per heavy atom. The second-order valence-electron chi connectivity index (χ2n) is 8.20. The number of fused-ring (bicyclic) bond motifs is 2. The molecule has 7 nitrogen and oxygen atoms in total. The second-order valence-corrected chi connectivity index (χ2v) is 10.2. The highest BCUT2D eigenvalue weighted by atomic mass is 32.2. The number of thioether (sulfide) groups is 2. The first-order chi connectivity index (χ1) is 16.4. The molecular weight excluding hydrogens is 468 g/mol. The van der Waals surface area contributed by atoms with Gasteiger partial charge in [-0.1, -0.05) is 18.2 Å². The van der Waals surface area contributed by atoms with Gasteiger partial charge in [-0.2, -0.15) is 11.8 Å². The lowest BCUT2D eigenvalue weighted by atomic mass is 10.1. The van der Waals surface area contributed by atoms with Crippen molar-refractivity contribution in [1.82, 2.24) is 9.88 Å². The summed E-state index contributed by atoms with van der Waals surface area (Å²) in [6.45, 7) is 2.55. The molecule has 0 saturated heterocycles. The summed E-state index contributed by atoms with van der Waals surface area (Å²) in [4.78, 5) is 40.6. The molecule has 1 aliphatic rings. The number of carbonyl (C=O) groups excluding carboxylic acids is 3. The topological polar surface area (TPSA) is 97.4 Å². The van der Waals surface area contributed by atoms with Crippen molar-refractivity contribution in [3.05, 3.63) is 59.8 Å². The molecule has 34 heavy (non-hydrogen) atoms. The van der Waals surface area contributed by atoms with Crippen LogP contribution < -0.4 is 16.0 Å². The molecule has 2 amide bonds. The van der Waals surface area contributed by atoms with Gasteiger partial charge in [-0.15, -0.1) is 11.8 Å². The fraction of sp³-hybridized carbons (Fsp3) is 0.320. The molecular formula is C25H28N4O3S2. The van der Waals surface area contributed by atoms with Gasteiger partial charge in [0, 0.05) is 34.7 Å². The van der Waals surface area contributed by atoms with Crippen molar-refractivity contribution in [3.8, 4) is 0 Å². The van der Waals surface area contributed by atoms with Crippen LogP contribution in [0.25, 0.3) is 10.9 Å². The highest BCUT2D eigenvalue weighted by molar-refractivity contribution is 7.99. The van der Waals surface area contributed by atoms with Crippen molar-refractivity contribution in [1.29, 1.82) is 0 Å². The van der Waals surface area contributed by atoms with Gasteiger partial charge in [0.15, 0.2) is 0 Å². The number of primary amides is 1. The number of nitrogens with one attached hydrogen (secondary N) is 1. The molecule has 9 heteroatoms. The average molecular weight is 497 g/mol. The molecule has 1 aliphatic heterocycles. The van der Waals surface area contributed by atoms with Crippen LogP contribution in [0.5, 0.6) is 0 Å². The second kappa shape index (κ2) is 10.7. The Morgan fingerprint density at radius 1 is 1.24 bits per heavy atom. The largest absolute Gasteiger partial charge is 0.366 e. The van der Waals surface area contributed by atoms with Gasteiger partial charge in [-0.3, -0.25) is 19.0 Å². The van der Waals surface area contributed by atoms with Gasteiger partial charge in [-0.25, -0.2) is 0 Å². The standard InChI is InChI=1S/C25H28N4O3S2/c1-16(30)28-13-18(19-6-3-4-7-21(19)28)14-29-22-12-17(24(26)31)8-9-23(22)34-15-20(25(29)32)27-10-5-11-33-2/h3-4,6-9,12-13,20,27H,5,10-11,14-15H2,1-2H3,(H2,26,31)/t20-/m0/s1. The zero-order valence-electron chi connectivity index (χ0n) is 19.2. The Morgan fingerprint density at radius 2 is 2.03 bits per heavy atom. The summed E-state index contributed by atoms with van der Waals surface area (Å²) in [7, 11) is 0. The maximum absolute atomic E-state index is 13.8. The normalized spacial score (nSPS) is 15.9. The summed E-state index contributed by atoms with van der Waals surface area (Å²) in [5.74, 6) is 0.926. The van der Waals surface area contributed by atoms with Gasteiger partial charge >= 0.3 is 0 Å². The molecule has 0 fully saturated rings. The molecule has 0 aliphatic carbocycles. The summed E-state index contributed by atoms with van der Waals surface area (Å²) >= 11 is 3.37. The molecule has 0 saturated carbocycles. The Labute approximate surface area is 207 Å². The number of carbonyl (C=O) groups is 3. The van der Waals surface area contributed by atoms with Gasteiger partial charge < -0.3 is 16.0 Å². The Bertz CT molecular complexity index is 1240. The molecule has 3 aromatic rings. The van der Waals surface area contributed by atoms with Crippen molar-refractivity contribution in [2.24, 2.45) is 5.73 Å². The van der Waals surface area contributed by atoms with Crippen LogP contribution in [-0.4, -0.2) is 52.6 Å². The lowest BCUT2D eigenvalue weighted by molar-refractivity contribution is -0.120. The van der Waals surface area contributed by atoms with Crippen molar-refractivity contribution >= 4 is 57.8 Å². The smallest absolute Gasteiger partial charge is 0.248 e. The molecule has 1 atom stereocenters. The van der Waals surface area contributed by atoms with Crippen molar-refractivity contribution in [2.75, 3.05) is 29.2 Å². The third kappa shape index (κ3) is 5.01.